The first-order valence-corrected chi connectivity index (χ1v) is 12.1. The molecule has 0 heterocycles. The number of nitrogens with one attached hydrogen (secondary N) is 2. The molecule has 10 nitrogen and oxygen atoms in total. The molecular formula is C23H44N4O6. The second kappa shape index (κ2) is 15.3. The van der Waals surface area contributed by atoms with Crippen LogP contribution in [0.1, 0.15) is 57.8 Å². The van der Waals surface area contributed by atoms with Crippen molar-refractivity contribution < 1.29 is 28.5 Å². The molecule has 0 saturated heterocycles. The number of carbonyl (C=O) groups excluding carboxylic acids is 2. The lowest BCUT2D eigenvalue weighted by Gasteiger charge is -2.40. The molecule has 2 fully saturated rings. The van der Waals surface area contributed by atoms with Crippen molar-refractivity contribution in [2.45, 2.75) is 69.9 Å². The van der Waals surface area contributed by atoms with Gasteiger partial charge in [-0.25, -0.2) is 9.59 Å². The van der Waals surface area contributed by atoms with Crippen LogP contribution in [0.15, 0.2) is 0 Å². The van der Waals surface area contributed by atoms with E-state index in [0.717, 1.165) is 44.9 Å². The van der Waals surface area contributed by atoms with Gasteiger partial charge >= 0.3 is 12.1 Å². The van der Waals surface area contributed by atoms with Crippen LogP contribution in [0.4, 0.5) is 9.59 Å². The van der Waals surface area contributed by atoms with E-state index < -0.39 is 0 Å². The van der Waals surface area contributed by atoms with Crippen LogP contribution in [0, 0.1) is 11.8 Å². The molecule has 4 amide bonds. The van der Waals surface area contributed by atoms with E-state index in [9.17, 15) is 9.59 Å². The third kappa shape index (κ3) is 8.92. The third-order valence-electron chi connectivity index (χ3n) is 6.85. The number of methoxy groups -OCH3 is 4. The summed E-state index contributed by atoms with van der Waals surface area (Å²) in [5, 5.41) is 5.57. The lowest BCUT2D eigenvalue weighted by atomic mass is 9.75. The standard InChI is InChI=1S/C23H44N4O6/c1-30-14-24-22(28)26(16-32-3)20-9-5-7-18(12-20)11-19-8-6-10-21(13-19)27(17-33-4)23(29)25-15-31-2/h18-21H,5-17H2,1-4H3,(H,24,28)(H,25,29). The first-order chi connectivity index (χ1) is 16.0. The molecule has 0 aromatic rings. The van der Waals surface area contributed by atoms with E-state index in [4.69, 9.17) is 18.9 Å². The van der Waals surface area contributed by atoms with Crippen LogP contribution < -0.4 is 10.6 Å². The van der Waals surface area contributed by atoms with Crippen LogP contribution in [-0.4, -0.2) is 89.3 Å². The zero-order valence-electron chi connectivity index (χ0n) is 20.8. The smallest absolute Gasteiger partial charge is 0.321 e. The summed E-state index contributed by atoms with van der Waals surface area (Å²) in [4.78, 5) is 28.8. The Labute approximate surface area is 198 Å². The normalized spacial score (nSPS) is 25.3. The minimum absolute atomic E-state index is 0.139. The van der Waals surface area contributed by atoms with E-state index >= 15 is 0 Å². The molecule has 10 heteroatoms. The predicted molar refractivity (Wildman–Crippen MR) is 124 cm³/mol. The first-order valence-electron chi connectivity index (χ1n) is 12.1. The van der Waals surface area contributed by atoms with Gasteiger partial charge in [0.25, 0.3) is 0 Å². The summed E-state index contributed by atoms with van der Waals surface area (Å²) in [5.41, 5.74) is 0. The van der Waals surface area contributed by atoms with Gasteiger partial charge < -0.3 is 29.6 Å². The summed E-state index contributed by atoms with van der Waals surface area (Å²) in [6, 6.07) is 0.0632. The number of hydrogen-bond acceptors (Lipinski definition) is 6. The Balaban J connectivity index is 1.94. The van der Waals surface area contributed by atoms with Gasteiger partial charge in [-0.15, -0.1) is 0 Å². The number of amides is 4. The van der Waals surface area contributed by atoms with Crippen LogP contribution in [0.5, 0.6) is 0 Å². The maximum atomic E-state index is 12.6. The number of carbonyl (C=O) groups is 2. The monoisotopic (exact) mass is 472 g/mol. The van der Waals surface area contributed by atoms with Crippen LogP contribution in [0.3, 0.4) is 0 Å². The highest BCUT2D eigenvalue weighted by molar-refractivity contribution is 5.74. The molecule has 2 aliphatic carbocycles. The minimum atomic E-state index is -0.139. The van der Waals surface area contributed by atoms with Crippen LogP contribution in [-0.2, 0) is 18.9 Å². The quantitative estimate of drug-likeness (QED) is 0.424. The van der Waals surface area contributed by atoms with Crippen molar-refractivity contribution in [1.29, 1.82) is 0 Å². The second-order valence-corrected chi connectivity index (χ2v) is 9.21. The maximum absolute atomic E-state index is 12.6. The zero-order valence-corrected chi connectivity index (χ0v) is 20.8. The molecule has 0 aliphatic heterocycles. The van der Waals surface area contributed by atoms with Crippen molar-refractivity contribution >= 4 is 12.1 Å². The zero-order chi connectivity index (χ0) is 24.1. The fraction of sp³-hybridized carbons (Fsp3) is 0.913. The summed E-state index contributed by atoms with van der Waals surface area (Å²) in [7, 11) is 6.36. The topological polar surface area (TPSA) is 102 Å². The van der Waals surface area contributed by atoms with E-state index in [1.165, 1.54) is 12.8 Å². The first kappa shape index (κ1) is 27.6. The van der Waals surface area contributed by atoms with E-state index in [0.29, 0.717) is 11.8 Å². The molecule has 0 spiro atoms. The number of nitrogens with zero attached hydrogens (tertiary/aromatic N) is 2. The minimum Gasteiger partial charge on any atom is -0.364 e. The Hall–Kier alpha value is -1.62. The van der Waals surface area contributed by atoms with E-state index in [2.05, 4.69) is 10.6 Å². The highest BCUT2D eigenvalue weighted by Crippen LogP contribution is 2.38. The summed E-state index contributed by atoms with van der Waals surface area (Å²) < 4.78 is 20.6. The van der Waals surface area contributed by atoms with Gasteiger partial charge in [0.2, 0.25) is 0 Å². The van der Waals surface area contributed by atoms with Gasteiger partial charge in [0.05, 0.1) is 0 Å². The molecule has 2 N–H and O–H groups in total. The van der Waals surface area contributed by atoms with Crippen molar-refractivity contribution in [3.05, 3.63) is 0 Å². The van der Waals surface area contributed by atoms with Gasteiger partial charge in [0.15, 0.2) is 0 Å². The average Bonchev–Trinajstić information content (AvgIpc) is 2.83. The molecule has 0 aromatic heterocycles. The Kier molecular flexibility index (Phi) is 12.8. The second-order valence-electron chi connectivity index (χ2n) is 9.21. The van der Waals surface area contributed by atoms with Crippen molar-refractivity contribution in [3.8, 4) is 0 Å². The maximum Gasteiger partial charge on any atom is 0.321 e. The SMILES string of the molecule is COCNC(=O)N(COC)C1CCCC(CC2CCCC(N(COC)C(=O)NCOC)C2)C1. The van der Waals surface area contributed by atoms with Gasteiger partial charge in [-0.1, -0.05) is 25.7 Å². The van der Waals surface area contributed by atoms with E-state index in [-0.39, 0.29) is 51.1 Å². The van der Waals surface area contributed by atoms with Crippen LogP contribution >= 0.6 is 0 Å². The number of rotatable bonds is 12. The van der Waals surface area contributed by atoms with Crippen molar-refractivity contribution in [3.63, 3.8) is 0 Å². The number of urea groups is 2. The van der Waals surface area contributed by atoms with Crippen molar-refractivity contribution in [1.82, 2.24) is 20.4 Å². The molecule has 4 unspecified atom stereocenters. The third-order valence-corrected chi connectivity index (χ3v) is 6.85. The van der Waals surface area contributed by atoms with Gasteiger partial charge in [-0.05, 0) is 43.9 Å². The highest BCUT2D eigenvalue weighted by Gasteiger charge is 2.34. The molecule has 192 valence electrons. The number of ether oxygens (including phenoxy) is 4. The molecule has 2 rings (SSSR count). The fourth-order valence-corrected chi connectivity index (χ4v) is 5.40. The largest absolute Gasteiger partial charge is 0.364 e. The molecule has 4 atom stereocenters. The van der Waals surface area contributed by atoms with Crippen molar-refractivity contribution in [2.75, 3.05) is 55.4 Å². The number of hydrogen-bond donors (Lipinski definition) is 2. The molecule has 0 radical (unpaired) electrons. The Morgan fingerprint density at radius 3 is 1.48 bits per heavy atom. The lowest BCUT2D eigenvalue weighted by Crippen LogP contribution is -2.50. The van der Waals surface area contributed by atoms with Crippen molar-refractivity contribution in [2.24, 2.45) is 11.8 Å². The molecule has 0 aromatic carbocycles. The molecular weight excluding hydrogens is 428 g/mol. The van der Waals surface area contributed by atoms with Crippen LogP contribution in [0.2, 0.25) is 0 Å². The lowest BCUT2D eigenvalue weighted by molar-refractivity contribution is 0.0257. The average molecular weight is 473 g/mol. The summed E-state index contributed by atoms with van der Waals surface area (Å²) in [6.45, 7) is 0.936. The summed E-state index contributed by atoms with van der Waals surface area (Å²) >= 11 is 0. The summed E-state index contributed by atoms with van der Waals surface area (Å²) in [5.74, 6) is 1.14. The molecule has 2 aliphatic rings. The molecule has 0 bridgehead atoms. The molecule has 2 saturated carbocycles. The van der Waals surface area contributed by atoms with E-state index in [1.54, 1.807) is 38.2 Å². The van der Waals surface area contributed by atoms with Gasteiger partial charge in [0.1, 0.15) is 26.9 Å². The molecule has 33 heavy (non-hydrogen) atoms. The Morgan fingerprint density at radius 2 is 1.12 bits per heavy atom. The Morgan fingerprint density at radius 1 is 0.697 bits per heavy atom. The van der Waals surface area contributed by atoms with E-state index in [1.807, 2.05) is 0 Å². The Bertz CT molecular complexity index is 533. The fourth-order valence-electron chi connectivity index (χ4n) is 5.40. The van der Waals surface area contributed by atoms with Crippen LogP contribution in [0.25, 0.3) is 0 Å². The summed E-state index contributed by atoms with van der Waals surface area (Å²) in [6.07, 6.45) is 9.69. The predicted octanol–water partition coefficient (Wildman–Crippen LogP) is 2.93. The van der Waals surface area contributed by atoms with Gasteiger partial charge in [0, 0.05) is 40.5 Å². The highest BCUT2D eigenvalue weighted by atomic mass is 16.5. The van der Waals surface area contributed by atoms with Gasteiger partial charge in [-0.3, -0.25) is 9.80 Å². The van der Waals surface area contributed by atoms with Gasteiger partial charge in [-0.2, -0.15) is 0 Å².